The number of aliphatic hydroxyl groups excluding tert-OH is 1. The maximum absolute atomic E-state index is 11.1. The van der Waals surface area contributed by atoms with Crippen molar-refractivity contribution in [3.8, 4) is 12.3 Å². The van der Waals surface area contributed by atoms with Crippen molar-refractivity contribution in [3.63, 3.8) is 0 Å². The van der Waals surface area contributed by atoms with Gasteiger partial charge in [-0.15, -0.1) is 12.3 Å². The van der Waals surface area contributed by atoms with E-state index in [0.717, 1.165) is 6.42 Å². The highest BCUT2D eigenvalue weighted by atomic mass is 16.3. The summed E-state index contributed by atoms with van der Waals surface area (Å²) in [7, 11) is 0. The van der Waals surface area contributed by atoms with Crippen molar-refractivity contribution < 1.29 is 9.90 Å². The SMILES string of the molecule is C#CCCCN1CC(O)CC1=O. The van der Waals surface area contributed by atoms with E-state index in [0.29, 0.717) is 19.5 Å². The summed E-state index contributed by atoms with van der Waals surface area (Å²) < 4.78 is 0. The number of carbonyl (C=O) groups excluding carboxylic acids is 1. The predicted molar refractivity (Wildman–Crippen MR) is 45.3 cm³/mol. The molecule has 1 fully saturated rings. The van der Waals surface area contributed by atoms with Crippen LogP contribution in [0.15, 0.2) is 0 Å². The van der Waals surface area contributed by atoms with Crippen molar-refractivity contribution >= 4 is 5.91 Å². The zero-order chi connectivity index (χ0) is 8.97. The lowest BCUT2D eigenvalue weighted by Crippen LogP contribution is -2.26. The average molecular weight is 167 g/mol. The molecule has 1 aliphatic rings. The van der Waals surface area contributed by atoms with Crippen LogP contribution in [0.1, 0.15) is 19.3 Å². The van der Waals surface area contributed by atoms with E-state index >= 15 is 0 Å². The van der Waals surface area contributed by atoms with Crippen LogP contribution in [0.25, 0.3) is 0 Å². The Morgan fingerprint density at radius 3 is 3.00 bits per heavy atom. The smallest absolute Gasteiger partial charge is 0.225 e. The molecular weight excluding hydrogens is 154 g/mol. The number of hydrogen-bond donors (Lipinski definition) is 1. The Hall–Kier alpha value is -1.01. The molecule has 0 aromatic heterocycles. The fourth-order valence-electron chi connectivity index (χ4n) is 1.34. The van der Waals surface area contributed by atoms with E-state index in [1.807, 2.05) is 0 Å². The topological polar surface area (TPSA) is 40.5 Å². The molecule has 12 heavy (non-hydrogen) atoms. The summed E-state index contributed by atoms with van der Waals surface area (Å²) in [5.41, 5.74) is 0. The minimum absolute atomic E-state index is 0.0412. The molecular formula is C9H13NO2. The molecule has 1 aliphatic heterocycles. The van der Waals surface area contributed by atoms with Gasteiger partial charge in [-0.2, -0.15) is 0 Å². The molecule has 1 saturated heterocycles. The second kappa shape index (κ2) is 4.13. The van der Waals surface area contributed by atoms with Crippen molar-refractivity contribution in [2.75, 3.05) is 13.1 Å². The number of nitrogens with zero attached hydrogens (tertiary/aromatic N) is 1. The Morgan fingerprint density at radius 2 is 2.50 bits per heavy atom. The van der Waals surface area contributed by atoms with Gasteiger partial charge in [-0.05, 0) is 6.42 Å². The molecule has 0 spiro atoms. The van der Waals surface area contributed by atoms with E-state index in [1.54, 1.807) is 4.90 Å². The maximum Gasteiger partial charge on any atom is 0.225 e. The number of aliphatic hydroxyl groups is 1. The average Bonchev–Trinajstić information content (AvgIpc) is 2.31. The number of unbranched alkanes of at least 4 members (excludes halogenated alkanes) is 1. The quantitative estimate of drug-likeness (QED) is 0.474. The molecule has 0 aliphatic carbocycles. The van der Waals surface area contributed by atoms with Gasteiger partial charge in [0.15, 0.2) is 0 Å². The van der Waals surface area contributed by atoms with Crippen LogP contribution in [-0.4, -0.2) is 35.1 Å². The number of terminal acetylenes is 1. The van der Waals surface area contributed by atoms with Crippen LogP contribution in [0.3, 0.4) is 0 Å². The summed E-state index contributed by atoms with van der Waals surface area (Å²) in [5.74, 6) is 2.56. The highest BCUT2D eigenvalue weighted by Gasteiger charge is 2.26. The Bertz CT molecular complexity index is 207. The molecule has 1 rings (SSSR count). The fraction of sp³-hybridized carbons (Fsp3) is 0.667. The zero-order valence-corrected chi connectivity index (χ0v) is 6.99. The first-order chi connectivity index (χ1) is 5.74. The first-order valence-corrected chi connectivity index (χ1v) is 4.13. The highest BCUT2D eigenvalue weighted by molar-refractivity contribution is 5.78. The van der Waals surface area contributed by atoms with Gasteiger partial charge in [0.05, 0.1) is 12.5 Å². The first kappa shape index (κ1) is 9.08. The maximum atomic E-state index is 11.1. The number of β-amino-alcohol motifs (C(OH)–C–C–N with tert-alkyl or cyclic N) is 1. The van der Waals surface area contributed by atoms with Crippen LogP contribution in [0.4, 0.5) is 0 Å². The van der Waals surface area contributed by atoms with Crippen molar-refractivity contribution in [2.24, 2.45) is 0 Å². The molecule has 0 aromatic rings. The van der Waals surface area contributed by atoms with E-state index in [-0.39, 0.29) is 12.3 Å². The molecule has 0 bridgehead atoms. The summed E-state index contributed by atoms with van der Waals surface area (Å²) in [6.45, 7) is 1.16. The number of likely N-dealkylation sites (tertiary alicyclic amines) is 1. The van der Waals surface area contributed by atoms with Crippen molar-refractivity contribution in [2.45, 2.75) is 25.4 Å². The van der Waals surface area contributed by atoms with Crippen LogP contribution in [-0.2, 0) is 4.79 Å². The van der Waals surface area contributed by atoms with Gasteiger partial charge in [-0.1, -0.05) is 0 Å². The van der Waals surface area contributed by atoms with Gasteiger partial charge in [-0.25, -0.2) is 0 Å². The Kier molecular flexibility index (Phi) is 3.12. The van der Waals surface area contributed by atoms with Gasteiger partial charge in [0.1, 0.15) is 0 Å². The first-order valence-electron chi connectivity index (χ1n) is 4.13. The Balaban J connectivity index is 2.25. The second-order valence-corrected chi connectivity index (χ2v) is 3.01. The lowest BCUT2D eigenvalue weighted by atomic mass is 10.3. The zero-order valence-electron chi connectivity index (χ0n) is 6.99. The Labute approximate surface area is 72.4 Å². The van der Waals surface area contributed by atoms with Crippen LogP contribution in [0.2, 0.25) is 0 Å². The van der Waals surface area contributed by atoms with Gasteiger partial charge in [-0.3, -0.25) is 4.79 Å². The third kappa shape index (κ3) is 2.24. The number of hydrogen-bond acceptors (Lipinski definition) is 2. The molecule has 0 saturated carbocycles. The molecule has 3 heteroatoms. The van der Waals surface area contributed by atoms with E-state index < -0.39 is 6.10 Å². The van der Waals surface area contributed by atoms with Crippen LogP contribution < -0.4 is 0 Å². The number of carbonyl (C=O) groups is 1. The Morgan fingerprint density at radius 1 is 1.75 bits per heavy atom. The normalized spacial score (nSPS) is 22.8. The molecule has 0 radical (unpaired) electrons. The fourth-order valence-corrected chi connectivity index (χ4v) is 1.34. The third-order valence-corrected chi connectivity index (χ3v) is 1.94. The minimum atomic E-state index is -0.469. The van der Waals surface area contributed by atoms with E-state index in [1.165, 1.54) is 0 Å². The molecule has 3 nitrogen and oxygen atoms in total. The summed E-state index contributed by atoms with van der Waals surface area (Å²) in [4.78, 5) is 12.8. The second-order valence-electron chi connectivity index (χ2n) is 3.01. The van der Waals surface area contributed by atoms with Crippen LogP contribution in [0, 0.1) is 12.3 Å². The number of rotatable bonds is 3. The van der Waals surface area contributed by atoms with Crippen molar-refractivity contribution in [1.29, 1.82) is 0 Å². The van der Waals surface area contributed by atoms with Gasteiger partial charge < -0.3 is 10.0 Å². The number of amides is 1. The molecule has 1 unspecified atom stereocenters. The molecule has 1 atom stereocenters. The van der Waals surface area contributed by atoms with Gasteiger partial charge >= 0.3 is 0 Å². The predicted octanol–water partition coefficient (Wildman–Crippen LogP) is -0.00700. The van der Waals surface area contributed by atoms with E-state index in [2.05, 4.69) is 5.92 Å². The molecule has 0 aromatic carbocycles. The molecule has 66 valence electrons. The minimum Gasteiger partial charge on any atom is -0.391 e. The van der Waals surface area contributed by atoms with E-state index in [4.69, 9.17) is 11.5 Å². The van der Waals surface area contributed by atoms with Crippen LogP contribution >= 0.6 is 0 Å². The lowest BCUT2D eigenvalue weighted by molar-refractivity contribution is -0.127. The monoisotopic (exact) mass is 167 g/mol. The standard InChI is InChI=1S/C9H13NO2/c1-2-3-4-5-10-7-8(11)6-9(10)12/h1,8,11H,3-7H2. The van der Waals surface area contributed by atoms with Crippen molar-refractivity contribution in [3.05, 3.63) is 0 Å². The summed E-state index contributed by atoms with van der Waals surface area (Å²) in [6, 6.07) is 0. The van der Waals surface area contributed by atoms with E-state index in [9.17, 15) is 4.79 Å². The summed E-state index contributed by atoms with van der Waals surface area (Å²) in [6.07, 6.45) is 6.40. The third-order valence-electron chi connectivity index (χ3n) is 1.94. The summed E-state index contributed by atoms with van der Waals surface area (Å²) >= 11 is 0. The molecule has 1 N–H and O–H groups in total. The van der Waals surface area contributed by atoms with Gasteiger partial charge in [0, 0.05) is 19.5 Å². The van der Waals surface area contributed by atoms with Crippen molar-refractivity contribution in [1.82, 2.24) is 4.90 Å². The van der Waals surface area contributed by atoms with Gasteiger partial charge in [0.2, 0.25) is 5.91 Å². The van der Waals surface area contributed by atoms with Crippen LogP contribution in [0.5, 0.6) is 0 Å². The molecule has 1 amide bonds. The van der Waals surface area contributed by atoms with Gasteiger partial charge in [0.25, 0.3) is 0 Å². The molecule has 1 heterocycles. The lowest BCUT2D eigenvalue weighted by Gasteiger charge is -2.13. The summed E-state index contributed by atoms with van der Waals surface area (Å²) in [5, 5.41) is 9.12. The largest absolute Gasteiger partial charge is 0.391 e. The highest BCUT2D eigenvalue weighted by Crippen LogP contribution is 2.11.